The van der Waals surface area contributed by atoms with Gasteiger partial charge in [0.2, 0.25) is 0 Å². The lowest BCUT2D eigenvalue weighted by Gasteiger charge is -2.11. The van der Waals surface area contributed by atoms with Crippen LogP contribution in [-0.4, -0.2) is 68.5 Å². The number of hydrogen-bond acceptors (Lipinski definition) is 10. The van der Waals surface area contributed by atoms with E-state index in [4.69, 9.17) is 23.4 Å². The Kier molecular flexibility index (Phi) is 10.3. The monoisotopic (exact) mass is 638 g/mol. The molecule has 0 amide bonds. The first-order valence-corrected chi connectivity index (χ1v) is 16.8. The van der Waals surface area contributed by atoms with E-state index in [0.717, 1.165) is 44.8 Å². The highest BCUT2D eigenvalue weighted by Crippen LogP contribution is 2.38. The van der Waals surface area contributed by atoms with Crippen molar-refractivity contribution in [3.05, 3.63) is 87.3 Å². The van der Waals surface area contributed by atoms with E-state index in [0.29, 0.717) is 39.5 Å². The van der Waals surface area contributed by atoms with E-state index in [1.807, 2.05) is 38.1 Å². The summed E-state index contributed by atoms with van der Waals surface area (Å²) < 4.78 is 48.6. The molecule has 234 valence electrons. The molecule has 0 radical (unpaired) electrons. The zero-order chi connectivity index (χ0) is 31.3. The lowest BCUT2D eigenvalue weighted by atomic mass is 9.99. The molecule has 1 aliphatic rings. The van der Waals surface area contributed by atoms with Gasteiger partial charge in [0.15, 0.2) is 5.82 Å². The minimum Gasteiger partial charge on any atom is -0.491 e. The molecule has 1 aliphatic heterocycles. The van der Waals surface area contributed by atoms with Gasteiger partial charge in [-0.1, -0.05) is 17.7 Å². The molecule has 3 heterocycles. The molecule has 12 heteroatoms. The van der Waals surface area contributed by atoms with E-state index < -0.39 is 10.1 Å². The molecule has 0 bridgehead atoms. The van der Waals surface area contributed by atoms with Gasteiger partial charge in [-0.15, -0.1) is 21.5 Å². The van der Waals surface area contributed by atoms with E-state index in [-0.39, 0.29) is 17.5 Å². The zero-order valence-electron chi connectivity index (χ0n) is 25.7. The van der Waals surface area contributed by atoms with Crippen molar-refractivity contribution in [2.24, 2.45) is 4.99 Å². The number of aryl methyl sites for hydroxylation is 3. The number of ether oxygens (including phenoxy) is 3. The summed E-state index contributed by atoms with van der Waals surface area (Å²) in [5.41, 5.74) is 5.31. The van der Waals surface area contributed by atoms with Gasteiger partial charge in [0.25, 0.3) is 10.1 Å². The van der Waals surface area contributed by atoms with Crippen molar-refractivity contribution >= 4 is 27.2 Å². The fraction of sp³-hybridized carbons (Fsp3) is 0.406. The number of benzene rings is 2. The molecular weight excluding hydrogens is 601 g/mol. The van der Waals surface area contributed by atoms with E-state index in [1.54, 1.807) is 35.6 Å². The maximum Gasteiger partial charge on any atom is 0.296 e. The van der Waals surface area contributed by atoms with E-state index >= 15 is 0 Å². The lowest BCUT2D eigenvalue weighted by molar-refractivity contribution is 0.0333. The number of aliphatic imine (C=N–C) groups is 1. The van der Waals surface area contributed by atoms with Gasteiger partial charge in [-0.25, -0.2) is 0 Å². The highest BCUT2D eigenvalue weighted by molar-refractivity contribution is 7.86. The van der Waals surface area contributed by atoms with Crippen LogP contribution in [-0.2, 0) is 23.8 Å². The van der Waals surface area contributed by atoms with E-state index in [2.05, 4.69) is 35.5 Å². The van der Waals surface area contributed by atoms with Gasteiger partial charge in [-0.2, -0.15) is 8.42 Å². The first kappa shape index (κ1) is 32.0. The standard InChI is InChI=1S/C32H38N4O6S2/c1-21-7-13-28(14-8-21)44(37,38)42-16-6-15-39-17-18-40-19-20-41-27-11-9-26(10-12-27)30-29-22(2)24(4)43-32(29)36-25(5)34-35-31(36)23(3)33-30/h7-14,23H,6,15-20H2,1-5H3/t23-/m0/s1. The van der Waals surface area contributed by atoms with Crippen LogP contribution in [0.1, 0.15) is 58.2 Å². The predicted molar refractivity (Wildman–Crippen MR) is 170 cm³/mol. The number of nitrogens with zero attached hydrogens (tertiary/aromatic N) is 4. The molecule has 0 unspecified atom stereocenters. The maximum absolute atomic E-state index is 12.2. The van der Waals surface area contributed by atoms with Gasteiger partial charge in [-0.3, -0.25) is 13.7 Å². The van der Waals surface area contributed by atoms with Gasteiger partial charge in [0, 0.05) is 22.6 Å². The third-order valence-corrected chi connectivity index (χ3v) is 9.85. The van der Waals surface area contributed by atoms with Crippen molar-refractivity contribution in [3.8, 4) is 10.8 Å². The quantitative estimate of drug-likeness (QED) is 0.128. The molecule has 1 atom stereocenters. The number of rotatable bonds is 14. The molecular formula is C32H38N4O6S2. The van der Waals surface area contributed by atoms with Crippen LogP contribution in [0, 0.1) is 27.7 Å². The van der Waals surface area contributed by atoms with Gasteiger partial charge in [-0.05, 0) is 83.0 Å². The lowest BCUT2D eigenvalue weighted by Crippen LogP contribution is -2.13. The molecule has 10 nitrogen and oxygen atoms in total. The largest absolute Gasteiger partial charge is 0.491 e. The third kappa shape index (κ3) is 7.27. The molecule has 0 aliphatic carbocycles. The topological polar surface area (TPSA) is 114 Å². The Morgan fingerprint density at radius 3 is 2.25 bits per heavy atom. The molecule has 2 aromatic heterocycles. The summed E-state index contributed by atoms with van der Waals surface area (Å²) in [6, 6.07) is 14.4. The first-order chi connectivity index (χ1) is 21.2. The molecule has 0 N–H and O–H groups in total. The van der Waals surface area contributed by atoms with Crippen LogP contribution in [0.15, 0.2) is 58.4 Å². The average molecular weight is 639 g/mol. The Balaban J connectivity index is 1.02. The van der Waals surface area contributed by atoms with Crippen molar-refractivity contribution < 1.29 is 26.8 Å². The fourth-order valence-corrected chi connectivity index (χ4v) is 6.99. The summed E-state index contributed by atoms with van der Waals surface area (Å²) in [6.45, 7) is 12.3. The number of fused-ring (bicyclic) bond motifs is 3. The van der Waals surface area contributed by atoms with Crippen LogP contribution in [0.3, 0.4) is 0 Å². The Labute approximate surface area is 262 Å². The van der Waals surface area contributed by atoms with Gasteiger partial charge < -0.3 is 14.2 Å². The molecule has 4 aromatic rings. The molecule has 0 saturated heterocycles. The average Bonchev–Trinajstić information content (AvgIpc) is 3.49. The summed E-state index contributed by atoms with van der Waals surface area (Å²) in [7, 11) is -3.75. The van der Waals surface area contributed by atoms with Crippen molar-refractivity contribution in [2.75, 3.05) is 39.6 Å². The van der Waals surface area contributed by atoms with E-state index in [9.17, 15) is 8.42 Å². The Morgan fingerprint density at radius 2 is 1.52 bits per heavy atom. The Bertz CT molecular complexity index is 1710. The molecule has 2 aromatic carbocycles. The van der Waals surface area contributed by atoms with Crippen molar-refractivity contribution in [1.29, 1.82) is 0 Å². The van der Waals surface area contributed by atoms with Crippen LogP contribution in [0.2, 0.25) is 0 Å². The van der Waals surface area contributed by atoms with E-state index in [1.165, 1.54) is 10.4 Å². The van der Waals surface area contributed by atoms with Crippen LogP contribution in [0.25, 0.3) is 5.00 Å². The summed E-state index contributed by atoms with van der Waals surface area (Å²) in [5.74, 6) is 2.46. The van der Waals surface area contributed by atoms with Gasteiger partial charge in [0.1, 0.15) is 29.2 Å². The molecule has 44 heavy (non-hydrogen) atoms. The highest BCUT2D eigenvalue weighted by atomic mass is 32.2. The molecule has 5 rings (SSSR count). The normalized spacial score (nSPS) is 14.6. The maximum atomic E-state index is 12.2. The number of aromatic nitrogens is 3. The minimum absolute atomic E-state index is 0.0615. The first-order valence-electron chi connectivity index (χ1n) is 14.6. The second kappa shape index (κ2) is 14.1. The number of thiophene rings is 1. The van der Waals surface area contributed by atoms with Crippen LogP contribution in [0.5, 0.6) is 5.75 Å². The summed E-state index contributed by atoms with van der Waals surface area (Å²) in [6.07, 6.45) is 0.462. The molecule has 0 spiro atoms. The SMILES string of the molecule is Cc1ccc(S(=O)(=O)OCCCOCCOCCOc2ccc(C3=N[C@@H](C)c4nnc(C)n4-c4sc(C)c(C)c43)cc2)cc1. The summed E-state index contributed by atoms with van der Waals surface area (Å²) >= 11 is 1.75. The van der Waals surface area contributed by atoms with Crippen molar-refractivity contribution in [2.45, 2.75) is 52.0 Å². The predicted octanol–water partition coefficient (Wildman–Crippen LogP) is 5.68. The second-order valence-electron chi connectivity index (χ2n) is 10.6. The minimum atomic E-state index is -3.75. The summed E-state index contributed by atoms with van der Waals surface area (Å²) in [5, 5.41) is 9.85. The molecule has 0 fully saturated rings. The van der Waals surface area contributed by atoms with Crippen LogP contribution < -0.4 is 4.74 Å². The van der Waals surface area contributed by atoms with Gasteiger partial charge in [0.05, 0.1) is 37.0 Å². The van der Waals surface area contributed by atoms with Gasteiger partial charge >= 0.3 is 0 Å². The molecule has 0 saturated carbocycles. The number of hydrogen-bond donors (Lipinski definition) is 0. The van der Waals surface area contributed by atoms with Crippen molar-refractivity contribution in [1.82, 2.24) is 14.8 Å². The third-order valence-electron chi connectivity index (χ3n) is 7.33. The summed E-state index contributed by atoms with van der Waals surface area (Å²) in [4.78, 5) is 6.50. The second-order valence-corrected chi connectivity index (χ2v) is 13.4. The van der Waals surface area contributed by atoms with Crippen molar-refractivity contribution in [3.63, 3.8) is 0 Å². The highest BCUT2D eigenvalue weighted by Gasteiger charge is 2.29. The van der Waals surface area contributed by atoms with Crippen LogP contribution in [0.4, 0.5) is 0 Å². The fourth-order valence-electron chi connectivity index (χ4n) is 4.83. The Hall–Kier alpha value is -3.42. The zero-order valence-corrected chi connectivity index (χ0v) is 27.3. The van der Waals surface area contributed by atoms with Crippen LogP contribution >= 0.6 is 11.3 Å². The smallest absolute Gasteiger partial charge is 0.296 e. The Morgan fingerprint density at radius 1 is 0.841 bits per heavy atom.